The molecule has 4 atom stereocenters. The fraction of sp³-hybridized carbons (Fsp3) is 0.619. The van der Waals surface area contributed by atoms with Crippen LogP contribution in [-0.2, 0) is 4.43 Å². The van der Waals surface area contributed by atoms with Crippen LogP contribution >= 0.6 is 0 Å². The van der Waals surface area contributed by atoms with Crippen LogP contribution in [0.2, 0.25) is 18.1 Å². The van der Waals surface area contributed by atoms with Gasteiger partial charge in [0.25, 0.3) is 0 Å². The molecule has 0 heterocycles. The second-order valence-corrected chi connectivity index (χ2v) is 12.0. The molecule has 1 aliphatic carbocycles. The number of aliphatic hydroxyl groups excluding tert-OH is 1. The summed E-state index contributed by atoms with van der Waals surface area (Å²) < 4.78 is 6.76. The van der Waals surface area contributed by atoms with E-state index in [1.54, 1.807) is 0 Å². The van der Waals surface area contributed by atoms with E-state index < -0.39 is 8.32 Å². The summed E-state index contributed by atoms with van der Waals surface area (Å²) in [5, 5.41) is 10.9. The highest BCUT2D eigenvalue weighted by atomic mass is 28.4. The molecular formula is C21H34O2Si. The van der Waals surface area contributed by atoms with E-state index in [1.807, 2.05) is 6.07 Å². The highest BCUT2D eigenvalue weighted by Crippen LogP contribution is 2.37. The summed E-state index contributed by atoms with van der Waals surface area (Å²) in [6.45, 7) is 11.1. The minimum atomic E-state index is -1.66. The van der Waals surface area contributed by atoms with E-state index in [-0.39, 0.29) is 24.0 Å². The van der Waals surface area contributed by atoms with Crippen LogP contribution in [0, 0.1) is 11.8 Å². The monoisotopic (exact) mass is 346 g/mol. The Morgan fingerprint density at radius 1 is 1.04 bits per heavy atom. The van der Waals surface area contributed by atoms with Gasteiger partial charge in [-0.15, -0.1) is 0 Å². The van der Waals surface area contributed by atoms with Crippen molar-refractivity contribution < 1.29 is 9.53 Å². The first-order valence-corrected chi connectivity index (χ1v) is 12.1. The van der Waals surface area contributed by atoms with Crippen molar-refractivity contribution in [3.05, 3.63) is 42.0 Å². The van der Waals surface area contributed by atoms with Crippen molar-refractivity contribution in [2.45, 2.75) is 71.4 Å². The number of aliphatic hydroxyl groups is 1. The summed E-state index contributed by atoms with van der Waals surface area (Å²) in [5.41, 5.74) is 2.49. The quantitative estimate of drug-likeness (QED) is 0.689. The Hall–Kier alpha value is -0.903. The second-order valence-electron chi connectivity index (χ2n) is 7.30. The van der Waals surface area contributed by atoms with Gasteiger partial charge in [0.05, 0.1) is 12.2 Å². The summed E-state index contributed by atoms with van der Waals surface area (Å²) in [5.74, 6) is 0.297. The number of rotatable bonds is 6. The first kappa shape index (κ1) is 19.4. The maximum Gasteiger partial charge on any atom is 0.192 e. The van der Waals surface area contributed by atoms with Crippen LogP contribution in [0.4, 0.5) is 0 Å². The van der Waals surface area contributed by atoms with Gasteiger partial charge in [-0.3, -0.25) is 0 Å². The van der Waals surface area contributed by atoms with Crippen molar-refractivity contribution >= 4 is 13.9 Å². The topological polar surface area (TPSA) is 29.5 Å². The molecule has 0 radical (unpaired) electrons. The van der Waals surface area contributed by atoms with Gasteiger partial charge in [-0.05, 0) is 35.7 Å². The fourth-order valence-corrected chi connectivity index (χ4v) is 6.94. The molecule has 2 nitrogen and oxygen atoms in total. The van der Waals surface area contributed by atoms with Crippen LogP contribution in [0.3, 0.4) is 0 Å². The van der Waals surface area contributed by atoms with Crippen molar-refractivity contribution in [2.24, 2.45) is 11.8 Å². The SMILES string of the molecule is CC[Si](CC)(CC)O[C@@H]1CC=C(c2ccccc2)[C@H](C)[C@@H](O)[C@H]1C. The van der Waals surface area contributed by atoms with Gasteiger partial charge in [0.2, 0.25) is 0 Å². The zero-order valence-electron chi connectivity index (χ0n) is 16.0. The lowest BCUT2D eigenvalue weighted by Gasteiger charge is -2.37. The first-order valence-electron chi connectivity index (χ1n) is 9.59. The molecule has 1 N–H and O–H groups in total. The molecule has 1 aromatic rings. The average Bonchev–Trinajstić information content (AvgIpc) is 2.73. The van der Waals surface area contributed by atoms with Crippen molar-refractivity contribution in [1.29, 1.82) is 0 Å². The predicted octanol–water partition coefficient (Wildman–Crippen LogP) is 5.50. The molecule has 1 aliphatic rings. The van der Waals surface area contributed by atoms with Crippen LogP contribution in [0.1, 0.15) is 46.6 Å². The third-order valence-electron chi connectivity index (χ3n) is 6.14. The molecule has 3 heteroatoms. The Bertz CT molecular complexity index is 528. The van der Waals surface area contributed by atoms with Gasteiger partial charge in [0.1, 0.15) is 0 Å². The molecule has 0 amide bonds. The Kier molecular flexibility index (Phi) is 6.85. The van der Waals surface area contributed by atoms with E-state index >= 15 is 0 Å². The number of hydrogen-bond donors (Lipinski definition) is 1. The minimum absolute atomic E-state index is 0.134. The molecule has 0 aromatic heterocycles. The van der Waals surface area contributed by atoms with E-state index in [0.29, 0.717) is 0 Å². The molecule has 0 spiro atoms. The van der Waals surface area contributed by atoms with E-state index in [1.165, 1.54) is 11.1 Å². The van der Waals surface area contributed by atoms with Gasteiger partial charge >= 0.3 is 0 Å². The van der Waals surface area contributed by atoms with Crippen LogP contribution in [0.5, 0.6) is 0 Å². The Balaban J connectivity index is 2.28. The summed E-state index contributed by atoms with van der Waals surface area (Å²) in [6.07, 6.45) is 3.00. The van der Waals surface area contributed by atoms with Gasteiger partial charge in [0.15, 0.2) is 8.32 Å². The van der Waals surface area contributed by atoms with Gasteiger partial charge in [-0.1, -0.05) is 71.0 Å². The van der Waals surface area contributed by atoms with Crippen molar-refractivity contribution in [2.75, 3.05) is 0 Å². The summed E-state index contributed by atoms with van der Waals surface area (Å²) in [4.78, 5) is 0. The van der Waals surface area contributed by atoms with E-state index in [4.69, 9.17) is 4.43 Å². The Morgan fingerprint density at radius 2 is 1.62 bits per heavy atom. The lowest BCUT2D eigenvalue weighted by atomic mass is 9.85. The molecule has 1 aromatic carbocycles. The largest absolute Gasteiger partial charge is 0.413 e. The second kappa shape index (κ2) is 8.46. The molecule has 0 saturated carbocycles. The summed E-state index contributed by atoms with van der Waals surface area (Å²) in [6, 6.07) is 13.9. The zero-order chi connectivity index (χ0) is 17.7. The molecule has 134 valence electrons. The molecule has 24 heavy (non-hydrogen) atoms. The van der Waals surface area contributed by atoms with Gasteiger partial charge in [-0.2, -0.15) is 0 Å². The van der Waals surface area contributed by atoms with E-state index in [0.717, 1.165) is 24.6 Å². The van der Waals surface area contributed by atoms with Crippen molar-refractivity contribution in [3.8, 4) is 0 Å². The molecule has 0 saturated heterocycles. The molecule has 2 rings (SSSR count). The first-order chi connectivity index (χ1) is 11.5. The van der Waals surface area contributed by atoms with Crippen LogP contribution in [-0.4, -0.2) is 25.6 Å². The smallest absolute Gasteiger partial charge is 0.192 e. The van der Waals surface area contributed by atoms with Crippen molar-refractivity contribution in [1.82, 2.24) is 0 Å². The number of benzene rings is 1. The third kappa shape index (κ3) is 4.01. The van der Waals surface area contributed by atoms with Crippen molar-refractivity contribution in [3.63, 3.8) is 0 Å². The van der Waals surface area contributed by atoms with Crippen LogP contribution in [0.25, 0.3) is 5.57 Å². The molecule has 0 fully saturated rings. The lowest BCUT2D eigenvalue weighted by molar-refractivity contribution is 0.0181. The normalized spacial score (nSPS) is 28.3. The van der Waals surface area contributed by atoms with Gasteiger partial charge in [-0.25, -0.2) is 0 Å². The highest BCUT2D eigenvalue weighted by Gasteiger charge is 2.38. The molecular weight excluding hydrogens is 312 g/mol. The van der Waals surface area contributed by atoms with Crippen LogP contribution in [0.15, 0.2) is 36.4 Å². The zero-order valence-corrected chi connectivity index (χ0v) is 17.0. The van der Waals surface area contributed by atoms with E-state index in [9.17, 15) is 5.11 Å². The van der Waals surface area contributed by atoms with Gasteiger partial charge in [0, 0.05) is 11.8 Å². The Morgan fingerprint density at radius 3 is 2.17 bits per heavy atom. The molecule has 0 unspecified atom stereocenters. The van der Waals surface area contributed by atoms with E-state index in [2.05, 4.69) is 65.0 Å². The van der Waals surface area contributed by atoms with Crippen LogP contribution < -0.4 is 0 Å². The summed E-state index contributed by atoms with van der Waals surface area (Å²) in [7, 11) is -1.66. The molecule has 0 aliphatic heterocycles. The number of hydrogen-bond acceptors (Lipinski definition) is 2. The fourth-order valence-electron chi connectivity index (χ4n) is 3.99. The third-order valence-corrected chi connectivity index (χ3v) is 10.8. The molecule has 0 bridgehead atoms. The maximum atomic E-state index is 10.9. The Labute approximate surface area is 149 Å². The standard InChI is InChI=1S/C21H34O2Si/c1-6-24(7-2,8-3)23-20-15-14-19(16(4)21(22)17(20)5)18-12-10-9-11-13-18/h9-14,16-17,20-22H,6-8,15H2,1-5H3/t16-,17-,20+,21+/m0/s1. The minimum Gasteiger partial charge on any atom is -0.413 e. The predicted molar refractivity (Wildman–Crippen MR) is 105 cm³/mol. The van der Waals surface area contributed by atoms with Gasteiger partial charge < -0.3 is 9.53 Å². The maximum absolute atomic E-state index is 10.9. The average molecular weight is 347 g/mol. The lowest BCUT2D eigenvalue weighted by Crippen LogP contribution is -2.44. The highest BCUT2D eigenvalue weighted by molar-refractivity contribution is 6.73. The summed E-state index contributed by atoms with van der Waals surface area (Å²) >= 11 is 0.